The Morgan fingerprint density at radius 2 is 2.00 bits per heavy atom. The number of carbonyl (C=O) groups is 1. The van der Waals surface area contributed by atoms with E-state index < -0.39 is 0 Å². The number of hydrogen-bond donors (Lipinski definition) is 0. The Kier molecular flexibility index (Phi) is 4.89. The summed E-state index contributed by atoms with van der Waals surface area (Å²) in [7, 11) is 0. The highest BCUT2D eigenvalue weighted by Crippen LogP contribution is 2.20. The van der Waals surface area contributed by atoms with E-state index >= 15 is 0 Å². The molecule has 0 saturated carbocycles. The predicted octanol–water partition coefficient (Wildman–Crippen LogP) is 4.03. The molecule has 15 heavy (non-hydrogen) atoms. The van der Waals surface area contributed by atoms with Gasteiger partial charge in [-0.15, -0.1) is 11.8 Å². The largest absolute Gasteiger partial charge is 0.294 e. The van der Waals surface area contributed by atoms with Gasteiger partial charge in [0.05, 0.1) is 0 Å². The third-order valence-corrected chi connectivity index (χ3v) is 3.44. The minimum Gasteiger partial charge on any atom is -0.294 e. The lowest BCUT2D eigenvalue weighted by Gasteiger charge is -2.11. The molecule has 0 radical (unpaired) electrons. The molecule has 1 aromatic rings. The Hall–Kier alpha value is -0.760. The van der Waals surface area contributed by atoms with E-state index in [0.29, 0.717) is 0 Å². The van der Waals surface area contributed by atoms with Crippen LogP contribution in [0, 0.1) is 5.92 Å². The number of ketones is 1. The standard InChI is InChI=1S/C13H18OS/c1-4-10(5-2)13(14)11-7-6-8-12(9-11)15-3/h6-10H,4-5H2,1-3H3. The zero-order chi connectivity index (χ0) is 11.3. The molecule has 2 heteroatoms. The van der Waals surface area contributed by atoms with Gasteiger partial charge >= 0.3 is 0 Å². The lowest BCUT2D eigenvalue weighted by atomic mass is 9.93. The summed E-state index contributed by atoms with van der Waals surface area (Å²) >= 11 is 1.68. The van der Waals surface area contributed by atoms with Gasteiger partial charge < -0.3 is 0 Å². The number of benzene rings is 1. The number of thioether (sulfide) groups is 1. The summed E-state index contributed by atoms with van der Waals surface area (Å²) in [5.74, 6) is 0.470. The van der Waals surface area contributed by atoms with Crippen molar-refractivity contribution in [3.63, 3.8) is 0 Å². The van der Waals surface area contributed by atoms with Gasteiger partial charge in [-0.2, -0.15) is 0 Å². The lowest BCUT2D eigenvalue weighted by Crippen LogP contribution is -2.12. The molecular formula is C13H18OS. The van der Waals surface area contributed by atoms with Gasteiger partial charge in [-0.05, 0) is 31.2 Å². The monoisotopic (exact) mass is 222 g/mol. The second-order valence-corrected chi connectivity index (χ2v) is 4.49. The molecule has 0 aliphatic carbocycles. The number of rotatable bonds is 5. The van der Waals surface area contributed by atoms with E-state index in [-0.39, 0.29) is 11.7 Å². The number of carbonyl (C=O) groups excluding carboxylic acids is 1. The fourth-order valence-corrected chi connectivity index (χ4v) is 2.13. The van der Waals surface area contributed by atoms with Crippen LogP contribution in [0.25, 0.3) is 0 Å². The molecule has 1 nitrogen and oxygen atoms in total. The van der Waals surface area contributed by atoms with E-state index in [9.17, 15) is 4.79 Å². The molecule has 0 aromatic heterocycles. The summed E-state index contributed by atoms with van der Waals surface area (Å²) in [6, 6.07) is 7.90. The van der Waals surface area contributed by atoms with Crippen LogP contribution in [0.1, 0.15) is 37.0 Å². The Morgan fingerprint density at radius 1 is 1.33 bits per heavy atom. The summed E-state index contributed by atoms with van der Waals surface area (Å²) in [6.07, 6.45) is 3.89. The van der Waals surface area contributed by atoms with Crippen molar-refractivity contribution < 1.29 is 4.79 Å². The highest BCUT2D eigenvalue weighted by molar-refractivity contribution is 7.98. The molecule has 0 N–H and O–H groups in total. The van der Waals surface area contributed by atoms with Crippen molar-refractivity contribution in [3.8, 4) is 0 Å². The average molecular weight is 222 g/mol. The van der Waals surface area contributed by atoms with Crippen LogP contribution in [0.4, 0.5) is 0 Å². The highest BCUT2D eigenvalue weighted by atomic mass is 32.2. The summed E-state index contributed by atoms with van der Waals surface area (Å²) in [5.41, 5.74) is 0.857. The maximum Gasteiger partial charge on any atom is 0.165 e. The van der Waals surface area contributed by atoms with Gasteiger partial charge in [-0.25, -0.2) is 0 Å². The van der Waals surface area contributed by atoms with Crippen LogP contribution in [-0.2, 0) is 0 Å². The first-order valence-electron chi connectivity index (χ1n) is 5.41. The van der Waals surface area contributed by atoms with Crippen LogP contribution in [0.2, 0.25) is 0 Å². The molecule has 0 aliphatic rings. The van der Waals surface area contributed by atoms with Crippen molar-refractivity contribution in [3.05, 3.63) is 29.8 Å². The molecule has 0 spiro atoms. The molecule has 82 valence electrons. The van der Waals surface area contributed by atoms with Gasteiger partial charge in [0.15, 0.2) is 5.78 Å². The maximum absolute atomic E-state index is 12.1. The van der Waals surface area contributed by atoms with Crippen LogP contribution in [0.5, 0.6) is 0 Å². The Bertz CT molecular complexity index is 329. The van der Waals surface area contributed by atoms with E-state index in [1.165, 1.54) is 0 Å². The van der Waals surface area contributed by atoms with Crippen molar-refractivity contribution in [1.82, 2.24) is 0 Å². The zero-order valence-corrected chi connectivity index (χ0v) is 10.4. The number of hydrogen-bond acceptors (Lipinski definition) is 2. The van der Waals surface area contributed by atoms with Crippen LogP contribution < -0.4 is 0 Å². The van der Waals surface area contributed by atoms with Crippen LogP contribution in [0.3, 0.4) is 0 Å². The smallest absolute Gasteiger partial charge is 0.165 e. The SMILES string of the molecule is CCC(CC)C(=O)c1cccc(SC)c1. The highest BCUT2D eigenvalue weighted by Gasteiger charge is 2.16. The van der Waals surface area contributed by atoms with Crippen LogP contribution in [-0.4, -0.2) is 12.0 Å². The lowest BCUT2D eigenvalue weighted by molar-refractivity contribution is 0.0913. The fourth-order valence-electron chi connectivity index (χ4n) is 1.67. The summed E-state index contributed by atoms with van der Waals surface area (Å²) in [5, 5.41) is 0. The third kappa shape index (κ3) is 3.10. The third-order valence-electron chi connectivity index (χ3n) is 2.71. The summed E-state index contributed by atoms with van der Waals surface area (Å²) < 4.78 is 0. The summed E-state index contributed by atoms with van der Waals surface area (Å²) in [6.45, 7) is 4.15. The van der Waals surface area contributed by atoms with E-state index in [4.69, 9.17) is 0 Å². The minimum absolute atomic E-state index is 0.183. The van der Waals surface area contributed by atoms with E-state index in [1.54, 1.807) is 11.8 Å². The van der Waals surface area contributed by atoms with Crippen molar-refractivity contribution in [2.75, 3.05) is 6.26 Å². The van der Waals surface area contributed by atoms with Crippen LogP contribution >= 0.6 is 11.8 Å². The quantitative estimate of drug-likeness (QED) is 0.552. The molecule has 0 saturated heterocycles. The number of Topliss-reactive ketones (excluding diaryl/α,β-unsaturated/α-hetero) is 1. The predicted molar refractivity (Wildman–Crippen MR) is 66.6 cm³/mol. The van der Waals surface area contributed by atoms with Crippen molar-refractivity contribution in [1.29, 1.82) is 0 Å². The Morgan fingerprint density at radius 3 is 2.53 bits per heavy atom. The first-order valence-corrected chi connectivity index (χ1v) is 6.63. The van der Waals surface area contributed by atoms with Gasteiger partial charge in [-0.1, -0.05) is 26.0 Å². The Labute approximate surface area is 96.3 Å². The minimum atomic E-state index is 0.183. The molecule has 0 amide bonds. The molecule has 0 heterocycles. The summed E-state index contributed by atoms with van der Waals surface area (Å²) in [4.78, 5) is 13.2. The van der Waals surface area contributed by atoms with Crippen molar-refractivity contribution >= 4 is 17.5 Å². The topological polar surface area (TPSA) is 17.1 Å². The first-order chi connectivity index (χ1) is 7.22. The average Bonchev–Trinajstić information content (AvgIpc) is 2.30. The Balaban J connectivity index is 2.90. The van der Waals surface area contributed by atoms with Gasteiger partial charge in [0.2, 0.25) is 0 Å². The van der Waals surface area contributed by atoms with Gasteiger partial charge in [-0.3, -0.25) is 4.79 Å². The molecular weight excluding hydrogens is 204 g/mol. The van der Waals surface area contributed by atoms with Gasteiger partial charge in [0, 0.05) is 16.4 Å². The molecule has 0 aliphatic heterocycles. The van der Waals surface area contributed by atoms with Crippen molar-refractivity contribution in [2.45, 2.75) is 31.6 Å². The molecule has 0 bridgehead atoms. The molecule has 1 rings (SSSR count). The van der Waals surface area contributed by atoms with Crippen molar-refractivity contribution in [2.24, 2.45) is 5.92 Å². The maximum atomic E-state index is 12.1. The molecule has 0 atom stereocenters. The van der Waals surface area contributed by atoms with Gasteiger partial charge in [0.1, 0.15) is 0 Å². The normalized spacial score (nSPS) is 10.7. The second kappa shape index (κ2) is 5.96. The molecule has 1 aromatic carbocycles. The van der Waals surface area contributed by atoms with Crippen LogP contribution in [0.15, 0.2) is 29.2 Å². The zero-order valence-electron chi connectivity index (χ0n) is 9.62. The van der Waals surface area contributed by atoms with E-state index in [0.717, 1.165) is 23.3 Å². The molecule has 0 unspecified atom stereocenters. The van der Waals surface area contributed by atoms with Gasteiger partial charge in [0.25, 0.3) is 0 Å². The van der Waals surface area contributed by atoms with E-state index in [2.05, 4.69) is 13.8 Å². The fraction of sp³-hybridized carbons (Fsp3) is 0.462. The van der Waals surface area contributed by atoms with E-state index in [1.807, 2.05) is 30.5 Å². The second-order valence-electron chi connectivity index (χ2n) is 3.61. The first kappa shape index (κ1) is 12.3. The molecule has 0 fully saturated rings.